The second-order valence-corrected chi connectivity index (χ2v) is 5.89. The van der Waals surface area contributed by atoms with Gasteiger partial charge in [0.15, 0.2) is 0 Å². The highest BCUT2D eigenvalue weighted by Crippen LogP contribution is 2.19. The SMILES string of the molecule is CC(C)N(C)CCCNCc1cn(C)c2ccccc12. The zero-order valence-electron chi connectivity index (χ0n) is 13.2. The van der Waals surface area contributed by atoms with Gasteiger partial charge >= 0.3 is 0 Å². The number of rotatable bonds is 7. The molecule has 20 heavy (non-hydrogen) atoms. The van der Waals surface area contributed by atoms with Gasteiger partial charge in [-0.1, -0.05) is 18.2 Å². The van der Waals surface area contributed by atoms with Gasteiger partial charge < -0.3 is 14.8 Å². The van der Waals surface area contributed by atoms with E-state index < -0.39 is 0 Å². The van der Waals surface area contributed by atoms with Crippen LogP contribution in [-0.2, 0) is 13.6 Å². The Balaban J connectivity index is 1.82. The lowest BCUT2D eigenvalue weighted by Crippen LogP contribution is -2.29. The third-order valence-corrected chi connectivity index (χ3v) is 4.04. The molecule has 0 fully saturated rings. The Kier molecular flexibility index (Phi) is 5.21. The van der Waals surface area contributed by atoms with E-state index in [1.54, 1.807) is 0 Å². The quantitative estimate of drug-likeness (QED) is 0.783. The Morgan fingerprint density at radius 2 is 2.00 bits per heavy atom. The molecule has 0 aliphatic rings. The van der Waals surface area contributed by atoms with E-state index in [2.05, 4.69) is 73.2 Å². The molecule has 1 aromatic heterocycles. The fourth-order valence-electron chi connectivity index (χ4n) is 2.50. The zero-order valence-corrected chi connectivity index (χ0v) is 13.2. The molecule has 110 valence electrons. The summed E-state index contributed by atoms with van der Waals surface area (Å²) < 4.78 is 2.21. The third-order valence-electron chi connectivity index (χ3n) is 4.04. The van der Waals surface area contributed by atoms with Gasteiger partial charge in [-0.3, -0.25) is 0 Å². The van der Waals surface area contributed by atoms with Crippen LogP contribution in [0.4, 0.5) is 0 Å². The van der Waals surface area contributed by atoms with E-state index >= 15 is 0 Å². The molecule has 0 saturated heterocycles. The first-order chi connectivity index (χ1) is 9.59. The van der Waals surface area contributed by atoms with Gasteiger partial charge in [0.1, 0.15) is 0 Å². The Hall–Kier alpha value is -1.32. The summed E-state index contributed by atoms with van der Waals surface area (Å²) in [6.45, 7) is 7.65. The summed E-state index contributed by atoms with van der Waals surface area (Å²) in [4.78, 5) is 2.39. The first kappa shape index (κ1) is 15.1. The number of benzene rings is 1. The highest BCUT2D eigenvalue weighted by molar-refractivity contribution is 5.83. The van der Waals surface area contributed by atoms with Gasteiger partial charge in [0.05, 0.1) is 0 Å². The lowest BCUT2D eigenvalue weighted by Gasteiger charge is -2.20. The van der Waals surface area contributed by atoms with Gasteiger partial charge in [-0.2, -0.15) is 0 Å². The molecule has 0 unspecified atom stereocenters. The third kappa shape index (κ3) is 3.62. The van der Waals surface area contributed by atoms with Crippen LogP contribution < -0.4 is 5.32 Å². The van der Waals surface area contributed by atoms with Gasteiger partial charge in [0, 0.05) is 36.7 Å². The molecule has 2 aromatic rings. The normalized spacial score (nSPS) is 11.9. The standard InChI is InChI=1S/C17H27N3/c1-14(2)19(3)11-7-10-18-12-15-13-20(4)17-9-6-5-8-16(15)17/h5-6,8-9,13-14,18H,7,10-12H2,1-4H3. The summed E-state index contributed by atoms with van der Waals surface area (Å²) in [5.41, 5.74) is 2.70. The molecule has 0 radical (unpaired) electrons. The smallest absolute Gasteiger partial charge is 0.0481 e. The Bertz CT molecular complexity index is 542. The van der Waals surface area contributed by atoms with Crippen LogP contribution in [0.1, 0.15) is 25.8 Å². The number of nitrogens with one attached hydrogen (secondary N) is 1. The minimum atomic E-state index is 0.632. The van der Waals surface area contributed by atoms with Crippen LogP contribution in [0.3, 0.4) is 0 Å². The topological polar surface area (TPSA) is 20.2 Å². The first-order valence-corrected chi connectivity index (χ1v) is 7.53. The van der Waals surface area contributed by atoms with Gasteiger partial charge in [0.25, 0.3) is 0 Å². The molecule has 2 rings (SSSR count). The molecular weight excluding hydrogens is 246 g/mol. The molecule has 3 nitrogen and oxygen atoms in total. The average molecular weight is 273 g/mol. The van der Waals surface area contributed by atoms with Crippen molar-refractivity contribution >= 4 is 10.9 Å². The van der Waals surface area contributed by atoms with E-state index in [1.165, 1.54) is 22.9 Å². The van der Waals surface area contributed by atoms with E-state index in [0.29, 0.717) is 6.04 Å². The van der Waals surface area contributed by atoms with E-state index in [4.69, 9.17) is 0 Å². The average Bonchev–Trinajstić information content (AvgIpc) is 2.75. The first-order valence-electron chi connectivity index (χ1n) is 7.53. The number of nitrogens with zero attached hydrogens (tertiary/aromatic N) is 2. The minimum absolute atomic E-state index is 0.632. The number of aryl methyl sites for hydroxylation is 1. The molecule has 1 N–H and O–H groups in total. The molecule has 1 aromatic carbocycles. The molecule has 1 heterocycles. The highest BCUT2D eigenvalue weighted by Gasteiger charge is 2.05. The lowest BCUT2D eigenvalue weighted by atomic mass is 10.2. The summed E-state index contributed by atoms with van der Waals surface area (Å²) >= 11 is 0. The summed E-state index contributed by atoms with van der Waals surface area (Å²) in [6, 6.07) is 9.23. The molecule has 0 saturated carbocycles. The second kappa shape index (κ2) is 6.91. The van der Waals surface area contributed by atoms with Crippen molar-refractivity contribution in [3.63, 3.8) is 0 Å². The fourth-order valence-corrected chi connectivity index (χ4v) is 2.50. The summed E-state index contributed by atoms with van der Waals surface area (Å²) in [6.07, 6.45) is 3.43. The van der Waals surface area contributed by atoms with Crippen molar-refractivity contribution in [3.05, 3.63) is 36.0 Å². The predicted octanol–water partition coefficient (Wildman–Crippen LogP) is 3.00. The summed E-state index contributed by atoms with van der Waals surface area (Å²) in [7, 11) is 4.30. The van der Waals surface area contributed by atoms with Gasteiger partial charge in [-0.15, -0.1) is 0 Å². The van der Waals surface area contributed by atoms with Gasteiger partial charge in [-0.25, -0.2) is 0 Å². The van der Waals surface area contributed by atoms with E-state index in [1.807, 2.05) is 0 Å². The van der Waals surface area contributed by atoms with Gasteiger partial charge in [-0.05, 0) is 52.0 Å². The van der Waals surface area contributed by atoms with Crippen LogP contribution in [0.15, 0.2) is 30.5 Å². The Morgan fingerprint density at radius 1 is 1.25 bits per heavy atom. The summed E-state index contributed by atoms with van der Waals surface area (Å²) in [5, 5.41) is 4.92. The van der Waals surface area contributed by atoms with Crippen LogP contribution >= 0.6 is 0 Å². The number of para-hydroxylation sites is 1. The Labute approximate surface area is 122 Å². The van der Waals surface area contributed by atoms with E-state index in [9.17, 15) is 0 Å². The van der Waals surface area contributed by atoms with Crippen LogP contribution in [0.5, 0.6) is 0 Å². The number of hydrogen-bond acceptors (Lipinski definition) is 2. The van der Waals surface area contributed by atoms with Crippen molar-refractivity contribution in [1.29, 1.82) is 0 Å². The minimum Gasteiger partial charge on any atom is -0.350 e. The van der Waals surface area contributed by atoms with Crippen molar-refractivity contribution in [3.8, 4) is 0 Å². The largest absolute Gasteiger partial charge is 0.350 e. The number of hydrogen-bond donors (Lipinski definition) is 1. The van der Waals surface area contributed by atoms with Crippen molar-refractivity contribution in [2.24, 2.45) is 7.05 Å². The molecule has 0 aliphatic heterocycles. The molecule has 0 bridgehead atoms. The predicted molar refractivity (Wildman–Crippen MR) is 87.0 cm³/mol. The maximum Gasteiger partial charge on any atom is 0.0481 e. The van der Waals surface area contributed by atoms with E-state index in [-0.39, 0.29) is 0 Å². The number of aromatic nitrogens is 1. The van der Waals surface area contributed by atoms with Crippen LogP contribution in [0, 0.1) is 0 Å². The maximum absolute atomic E-state index is 3.56. The van der Waals surface area contributed by atoms with Crippen molar-refractivity contribution in [2.75, 3.05) is 20.1 Å². The fraction of sp³-hybridized carbons (Fsp3) is 0.529. The second-order valence-electron chi connectivity index (χ2n) is 5.89. The number of fused-ring (bicyclic) bond motifs is 1. The summed E-state index contributed by atoms with van der Waals surface area (Å²) in [5.74, 6) is 0. The molecule has 0 amide bonds. The van der Waals surface area contributed by atoms with E-state index in [0.717, 1.165) is 19.6 Å². The lowest BCUT2D eigenvalue weighted by molar-refractivity contribution is 0.269. The maximum atomic E-state index is 3.56. The monoisotopic (exact) mass is 273 g/mol. The van der Waals surface area contributed by atoms with Crippen LogP contribution in [0.2, 0.25) is 0 Å². The van der Waals surface area contributed by atoms with Crippen molar-refractivity contribution in [2.45, 2.75) is 32.9 Å². The van der Waals surface area contributed by atoms with Crippen LogP contribution in [0.25, 0.3) is 10.9 Å². The molecule has 3 heteroatoms. The molecule has 0 spiro atoms. The molecule has 0 aliphatic carbocycles. The van der Waals surface area contributed by atoms with Crippen molar-refractivity contribution < 1.29 is 0 Å². The van der Waals surface area contributed by atoms with Crippen LogP contribution in [-0.4, -0.2) is 35.6 Å². The Morgan fingerprint density at radius 3 is 2.75 bits per heavy atom. The van der Waals surface area contributed by atoms with Crippen molar-refractivity contribution in [1.82, 2.24) is 14.8 Å². The molecular formula is C17H27N3. The zero-order chi connectivity index (χ0) is 14.5. The highest BCUT2D eigenvalue weighted by atomic mass is 15.1. The van der Waals surface area contributed by atoms with Gasteiger partial charge in [0.2, 0.25) is 0 Å². The molecule has 0 atom stereocenters.